The van der Waals surface area contributed by atoms with Crippen molar-refractivity contribution in [1.29, 1.82) is 0 Å². The monoisotopic (exact) mass is 267 g/mol. The van der Waals surface area contributed by atoms with Crippen LogP contribution in [0.2, 0.25) is 0 Å². The van der Waals surface area contributed by atoms with E-state index in [1.807, 2.05) is 0 Å². The Morgan fingerprint density at radius 3 is 2.62 bits per heavy atom. The van der Waals surface area contributed by atoms with Crippen molar-refractivity contribution in [2.24, 2.45) is 0 Å². The van der Waals surface area contributed by atoms with Gasteiger partial charge in [0.2, 0.25) is 0 Å². The quantitative estimate of drug-likeness (QED) is 0.471. The lowest BCUT2D eigenvalue weighted by Gasteiger charge is -2.21. The molecule has 0 radical (unpaired) electrons. The molecule has 5 heteroatoms. The molecule has 0 aromatic carbocycles. The van der Waals surface area contributed by atoms with Gasteiger partial charge >= 0.3 is 0 Å². The second-order valence-electron chi connectivity index (χ2n) is 4.70. The van der Waals surface area contributed by atoms with Crippen molar-refractivity contribution >= 4 is 21.4 Å². The zero-order valence-electron chi connectivity index (χ0n) is 9.91. The molecule has 1 aliphatic carbocycles. The maximum Gasteiger partial charge on any atom is 0.147 e. The Kier molecular flexibility index (Phi) is 6.08. The highest BCUT2D eigenvalue weighted by Crippen LogP contribution is 2.22. The number of hydrogen-bond donors (Lipinski definition) is 1. The van der Waals surface area contributed by atoms with Crippen LogP contribution in [0, 0.1) is 0 Å². The van der Waals surface area contributed by atoms with Gasteiger partial charge in [-0.3, -0.25) is 0 Å². The third-order valence-electron chi connectivity index (χ3n) is 3.03. The van der Waals surface area contributed by atoms with E-state index in [1.165, 1.54) is 25.5 Å². The van der Waals surface area contributed by atoms with Crippen LogP contribution in [-0.2, 0) is 9.84 Å². The van der Waals surface area contributed by atoms with Gasteiger partial charge in [0.25, 0.3) is 0 Å². The van der Waals surface area contributed by atoms with Crippen LogP contribution in [0.5, 0.6) is 0 Å². The predicted molar refractivity (Wildman–Crippen MR) is 68.8 cm³/mol. The number of sulfone groups is 1. The van der Waals surface area contributed by atoms with Crippen LogP contribution < -0.4 is 5.32 Å². The molecule has 16 heavy (non-hydrogen) atoms. The zero-order valence-corrected chi connectivity index (χ0v) is 11.5. The fourth-order valence-electron chi connectivity index (χ4n) is 2.11. The van der Waals surface area contributed by atoms with Crippen molar-refractivity contribution in [2.75, 3.05) is 18.6 Å². The first kappa shape index (κ1) is 14.3. The third-order valence-corrected chi connectivity index (χ3v) is 4.58. The summed E-state index contributed by atoms with van der Waals surface area (Å²) in [6.45, 7) is 0.751. The van der Waals surface area contributed by atoms with Crippen LogP contribution in [0.25, 0.3) is 0 Å². The molecule has 1 fully saturated rings. The van der Waals surface area contributed by atoms with E-state index in [2.05, 4.69) is 5.32 Å². The number of hydrogen-bond acceptors (Lipinski definition) is 3. The molecule has 0 bridgehead atoms. The van der Waals surface area contributed by atoms with Gasteiger partial charge in [0.15, 0.2) is 0 Å². The van der Waals surface area contributed by atoms with Gasteiger partial charge in [-0.25, -0.2) is 8.42 Å². The summed E-state index contributed by atoms with van der Waals surface area (Å²) in [5.41, 5.74) is 0. The molecule has 0 aromatic heterocycles. The molecule has 1 aliphatic rings. The molecule has 96 valence electrons. The summed E-state index contributed by atoms with van der Waals surface area (Å²) >= 11 is 6.28. The predicted octanol–water partition coefficient (Wildman–Crippen LogP) is 1.95. The maximum absolute atomic E-state index is 10.9. The Bertz CT molecular complexity index is 292. The van der Waals surface area contributed by atoms with Gasteiger partial charge in [0.05, 0.1) is 5.75 Å². The standard InChI is InChI=1S/C11H22ClNO2S/c1-16(14,15)9-5-8-13-11-7-4-2-3-6-10(11)12/h10-11,13H,2-9H2,1H3. The van der Waals surface area contributed by atoms with E-state index in [0.717, 1.165) is 19.4 Å². The topological polar surface area (TPSA) is 46.2 Å². The van der Waals surface area contributed by atoms with Gasteiger partial charge in [0, 0.05) is 17.7 Å². The second kappa shape index (κ2) is 6.82. The van der Waals surface area contributed by atoms with Crippen LogP contribution in [0.4, 0.5) is 0 Å². The molecule has 2 atom stereocenters. The zero-order chi connectivity index (χ0) is 12.0. The molecule has 0 aromatic rings. The summed E-state index contributed by atoms with van der Waals surface area (Å²) in [6, 6.07) is 0.365. The minimum absolute atomic E-state index is 0.209. The molecule has 1 N–H and O–H groups in total. The van der Waals surface area contributed by atoms with Gasteiger partial charge in [-0.05, 0) is 25.8 Å². The second-order valence-corrected chi connectivity index (χ2v) is 7.52. The van der Waals surface area contributed by atoms with E-state index in [-0.39, 0.29) is 11.1 Å². The van der Waals surface area contributed by atoms with Crippen molar-refractivity contribution in [2.45, 2.75) is 49.9 Å². The summed E-state index contributed by atoms with van der Waals surface area (Å²) in [5, 5.41) is 3.60. The molecule has 2 unspecified atom stereocenters. The first-order chi connectivity index (χ1) is 7.49. The Balaban J connectivity index is 2.20. The summed E-state index contributed by atoms with van der Waals surface area (Å²) in [6.07, 6.45) is 7.87. The lowest BCUT2D eigenvalue weighted by Crippen LogP contribution is -2.37. The molecule has 0 saturated heterocycles. The summed E-state index contributed by atoms with van der Waals surface area (Å²) < 4.78 is 21.9. The number of halogens is 1. The van der Waals surface area contributed by atoms with Crippen LogP contribution in [0.3, 0.4) is 0 Å². The summed E-state index contributed by atoms with van der Waals surface area (Å²) in [7, 11) is -2.82. The van der Waals surface area contributed by atoms with Crippen molar-refractivity contribution < 1.29 is 8.42 Å². The minimum Gasteiger partial charge on any atom is -0.312 e. The molecule has 3 nitrogen and oxygen atoms in total. The van der Waals surface area contributed by atoms with Crippen LogP contribution in [0.15, 0.2) is 0 Å². The lowest BCUT2D eigenvalue weighted by atomic mass is 10.1. The highest BCUT2D eigenvalue weighted by molar-refractivity contribution is 7.90. The highest BCUT2D eigenvalue weighted by atomic mass is 35.5. The highest BCUT2D eigenvalue weighted by Gasteiger charge is 2.20. The minimum atomic E-state index is -2.82. The van der Waals surface area contributed by atoms with Gasteiger partial charge in [-0.15, -0.1) is 11.6 Å². The summed E-state index contributed by atoms with van der Waals surface area (Å²) in [5.74, 6) is 0.264. The maximum atomic E-state index is 10.9. The fourth-order valence-corrected chi connectivity index (χ4v) is 3.15. The average molecular weight is 268 g/mol. The van der Waals surface area contributed by atoms with Gasteiger partial charge < -0.3 is 5.32 Å². The first-order valence-electron chi connectivity index (χ1n) is 6.04. The molecule has 0 heterocycles. The van der Waals surface area contributed by atoms with Gasteiger partial charge in [0.1, 0.15) is 9.84 Å². The molecular weight excluding hydrogens is 246 g/mol. The SMILES string of the molecule is CS(=O)(=O)CCCNC1CCCCCC1Cl. The molecule has 1 saturated carbocycles. The van der Waals surface area contributed by atoms with Crippen LogP contribution >= 0.6 is 11.6 Å². The molecule has 1 rings (SSSR count). The third kappa shape index (κ3) is 6.06. The van der Waals surface area contributed by atoms with E-state index >= 15 is 0 Å². The Morgan fingerprint density at radius 2 is 1.94 bits per heavy atom. The van der Waals surface area contributed by atoms with E-state index in [1.54, 1.807) is 0 Å². The Morgan fingerprint density at radius 1 is 1.25 bits per heavy atom. The number of nitrogens with one attached hydrogen (secondary N) is 1. The van der Waals surface area contributed by atoms with Crippen molar-refractivity contribution in [3.05, 3.63) is 0 Å². The van der Waals surface area contributed by atoms with E-state index in [0.29, 0.717) is 12.5 Å². The Labute approximate surface area is 104 Å². The first-order valence-corrected chi connectivity index (χ1v) is 8.54. The lowest BCUT2D eigenvalue weighted by molar-refractivity contribution is 0.465. The molecule has 0 spiro atoms. The average Bonchev–Trinajstić information content (AvgIpc) is 2.37. The fraction of sp³-hybridized carbons (Fsp3) is 1.00. The van der Waals surface area contributed by atoms with E-state index in [9.17, 15) is 8.42 Å². The number of alkyl halides is 1. The van der Waals surface area contributed by atoms with Crippen molar-refractivity contribution in [3.63, 3.8) is 0 Å². The summed E-state index contributed by atoms with van der Waals surface area (Å²) in [4.78, 5) is 0. The van der Waals surface area contributed by atoms with E-state index < -0.39 is 9.84 Å². The molecule has 0 amide bonds. The largest absolute Gasteiger partial charge is 0.312 e. The molecular formula is C11H22ClNO2S. The van der Waals surface area contributed by atoms with Gasteiger partial charge in [-0.1, -0.05) is 19.3 Å². The smallest absolute Gasteiger partial charge is 0.147 e. The van der Waals surface area contributed by atoms with Crippen molar-refractivity contribution in [1.82, 2.24) is 5.32 Å². The molecule has 0 aliphatic heterocycles. The normalized spacial score (nSPS) is 27.6. The van der Waals surface area contributed by atoms with Crippen LogP contribution in [0.1, 0.15) is 38.5 Å². The number of rotatable bonds is 5. The van der Waals surface area contributed by atoms with Crippen LogP contribution in [-0.4, -0.2) is 38.4 Å². The Hall–Kier alpha value is 0.200. The van der Waals surface area contributed by atoms with Gasteiger partial charge in [-0.2, -0.15) is 0 Å². The van der Waals surface area contributed by atoms with E-state index in [4.69, 9.17) is 11.6 Å². The van der Waals surface area contributed by atoms with Crippen molar-refractivity contribution in [3.8, 4) is 0 Å².